The topological polar surface area (TPSA) is 84.5 Å². The molecular weight excluding hydrogens is 352 g/mol. The Morgan fingerprint density at radius 2 is 1.69 bits per heavy atom. The monoisotopic (exact) mass is 376 g/mol. The van der Waals surface area contributed by atoms with Gasteiger partial charge in [-0.3, -0.25) is 9.52 Å². The lowest BCUT2D eigenvalue weighted by Gasteiger charge is -2.11. The Hall–Kier alpha value is -2.54. The van der Waals surface area contributed by atoms with Gasteiger partial charge < -0.3 is 10.1 Å². The first kappa shape index (κ1) is 19.8. The molecule has 6 nitrogen and oxygen atoms in total. The zero-order valence-corrected chi connectivity index (χ0v) is 16.2. The van der Waals surface area contributed by atoms with Crippen LogP contribution in [0.4, 0.5) is 5.69 Å². The van der Waals surface area contributed by atoms with Crippen molar-refractivity contribution < 1.29 is 17.9 Å². The number of hydrogen-bond acceptors (Lipinski definition) is 4. The van der Waals surface area contributed by atoms with Gasteiger partial charge in [0.1, 0.15) is 12.4 Å². The Kier molecular flexibility index (Phi) is 6.26. The van der Waals surface area contributed by atoms with Gasteiger partial charge in [0, 0.05) is 5.56 Å². The van der Waals surface area contributed by atoms with Crippen LogP contribution in [-0.2, 0) is 10.0 Å². The van der Waals surface area contributed by atoms with Gasteiger partial charge in [-0.2, -0.15) is 0 Å². The first-order valence-corrected chi connectivity index (χ1v) is 10.1. The van der Waals surface area contributed by atoms with E-state index < -0.39 is 10.0 Å². The standard InChI is InChI=1S/C19H24N2O4S/c1-13-9-14(2)11-17(10-13)25-8-7-20-19(22)16-6-5-15(3)18(12-16)21-26(4,23)24/h5-6,9-12,21H,7-8H2,1-4H3,(H,20,22). The Balaban J connectivity index is 1.92. The van der Waals surface area contributed by atoms with Crippen LogP contribution in [0.2, 0.25) is 0 Å². The number of rotatable bonds is 7. The van der Waals surface area contributed by atoms with E-state index in [0.717, 1.165) is 28.7 Å². The summed E-state index contributed by atoms with van der Waals surface area (Å²) in [6.45, 7) is 6.46. The second-order valence-corrected chi connectivity index (χ2v) is 8.08. The van der Waals surface area contributed by atoms with Crippen LogP contribution in [0.1, 0.15) is 27.0 Å². The maximum absolute atomic E-state index is 12.2. The normalized spacial score (nSPS) is 11.1. The van der Waals surface area contributed by atoms with Crippen molar-refractivity contribution in [1.29, 1.82) is 0 Å². The summed E-state index contributed by atoms with van der Waals surface area (Å²) >= 11 is 0. The maximum Gasteiger partial charge on any atom is 0.251 e. The molecule has 2 aromatic carbocycles. The molecule has 0 aliphatic carbocycles. The molecule has 0 aliphatic rings. The second kappa shape index (κ2) is 8.23. The number of carbonyl (C=O) groups excluding carboxylic acids is 1. The molecule has 0 heterocycles. The van der Waals surface area contributed by atoms with Crippen LogP contribution >= 0.6 is 0 Å². The van der Waals surface area contributed by atoms with Crippen molar-refractivity contribution in [1.82, 2.24) is 5.32 Å². The quantitative estimate of drug-likeness (QED) is 0.728. The number of hydrogen-bond donors (Lipinski definition) is 2. The van der Waals surface area contributed by atoms with Crippen molar-refractivity contribution in [3.8, 4) is 5.75 Å². The van der Waals surface area contributed by atoms with Gasteiger partial charge in [0.15, 0.2) is 0 Å². The lowest BCUT2D eigenvalue weighted by Crippen LogP contribution is -2.28. The smallest absolute Gasteiger partial charge is 0.251 e. The summed E-state index contributed by atoms with van der Waals surface area (Å²) in [6.07, 6.45) is 1.07. The van der Waals surface area contributed by atoms with E-state index in [2.05, 4.69) is 16.1 Å². The van der Waals surface area contributed by atoms with Crippen LogP contribution in [0.25, 0.3) is 0 Å². The number of nitrogens with one attached hydrogen (secondary N) is 2. The van der Waals surface area contributed by atoms with Crippen molar-refractivity contribution in [2.45, 2.75) is 20.8 Å². The minimum atomic E-state index is -3.40. The molecule has 0 saturated heterocycles. The molecule has 2 aromatic rings. The molecule has 0 spiro atoms. The number of aryl methyl sites for hydroxylation is 3. The van der Waals surface area contributed by atoms with Crippen LogP contribution in [0.5, 0.6) is 5.75 Å². The fourth-order valence-electron chi connectivity index (χ4n) is 2.52. The zero-order chi connectivity index (χ0) is 19.3. The molecule has 0 aliphatic heterocycles. The van der Waals surface area contributed by atoms with Gasteiger partial charge in [0.25, 0.3) is 5.91 Å². The van der Waals surface area contributed by atoms with Crippen molar-refractivity contribution in [2.24, 2.45) is 0 Å². The average molecular weight is 376 g/mol. The molecule has 0 fully saturated rings. The highest BCUT2D eigenvalue weighted by atomic mass is 32.2. The Morgan fingerprint density at radius 3 is 2.31 bits per heavy atom. The fraction of sp³-hybridized carbons (Fsp3) is 0.316. The first-order chi connectivity index (χ1) is 12.1. The third-order valence-corrected chi connectivity index (χ3v) is 4.24. The SMILES string of the molecule is Cc1cc(C)cc(OCCNC(=O)c2ccc(C)c(NS(C)(=O)=O)c2)c1. The average Bonchev–Trinajstić information content (AvgIpc) is 2.51. The molecule has 26 heavy (non-hydrogen) atoms. The van der Waals surface area contributed by atoms with E-state index in [9.17, 15) is 13.2 Å². The fourth-order valence-corrected chi connectivity index (χ4v) is 3.14. The van der Waals surface area contributed by atoms with E-state index in [4.69, 9.17) is 4.74 Å². The summed E-state index contributed by atoms with van der Waals surface area (Å²) < 4.78 is 30.9. The lowest BCUT2D eigenvalue weighted by molar-refractivity contribution is 0.0947. The number of benzene rings is 2. The third kappa shape index (κ3) is 6.07. The molecule has 1 amide bonds. The lowest BCUT2D eigenvalue weighted by atomic mass is 10.1. The van der Waals surface area contributed by atoms with E-state index in [1.165, 1.54) is 6.07 Å². The number of amides is 1. The second-order valence-electron chi connectivity index (χ2n) is 6.33. The van der Waals surface area contributed by atoms with Crippen LogP contribution in [0, 0.1) is 20.8 Å². The first-order valence-electron chi connectivity index (χ1n) is 8.22. The highest BCUT2D eigenvalue weighted by Gasteiger charge is 2.10. The minimum absolute atomic E-state index is 0.287. The van der Waals surface area contributed by atoms with Gasteiger partial charge in [-0.25, -0.2) is 8.42 Å². The number of carbonyl (C=O) groups is 1. The summed E-state index contributed by atoms with van der Waals surface area (Å²) in [5.41, 5.74) is 3.76. The summed E-state index contributed by atoms with van der Waals surface area (Å²) in [6, 6.07) is 10.8. The molecule has 2 rings (SSSR count). The highest BCUT2D eigenvalue weighted by molar-refractivity contribution is 7.92. The van der Waals surface area contributed by atoms with E-state index in [-0.39, 0.29) is 5.91 Å². The van der Waals surface area contributed by atoms with Crippen molar-refractivity contribution >= 4 is 21.6 Å². The number of anilines is 1. The Bertz CT molecular complexity index is 888. The van der Waals surface area contributed by atoms with E-state index in [1.54, 1.807) is 19.1 Å². The molecule has 0 bridgehead atoms. The number of ether oxygens (including phenoxy) is 1. The summed E-state index contributed by atoms with van der Waals surface area (Å²) in [4.78, 5) is 12.2. The van der Waals surface area contributed by atoms with E-state index in [0.29, 0.717) is 24.4 Å². The van der Waals surface area contributed by atoms with Gasteiger partial charge in [-0.15, -0.1) is 0 Å². The molecular formula is C19H24N2O4S. The Labute approximate surface area is 154 Å². The van der Waals surface area contributed by atoms with Crippen LogP contribution in [-0.4, -0.2) is 33.7 Å². The van der Waals surface area contributed by atoms with E-state index in [1.807, 2.05) is 26.0 Å². The molecule has 7 heteroatoms. The van der Waals surface area contributed by atoms with Crippen LogP contribution in [0.3, 0.4) is 0 Å². The molecule has 0 atom stereocenters. The summed E-state index contributed by atoms with van der Waals surface area (Å²) in [5.74, 6) is 0.484. The van der Waals surface area contributed by atoms with Gasteiger partial charge in [0.2, 0.25) is 10.0 Å². The van der Waals surface area contributed by atoms with Gasteiger partial charge in [-0.1, -0.05) is 12.1 Å². The summed E-state index contributed by atoms with van der Waals surface area (Å²) in [5, 5.41) is 2.77. The van der Waals surface area contributed by atoms with E-state index >= 15 is 0 Å². The molecule has 0 saturated carbocycles. The summed E-state index contributed by atoms with van der Waals surface area (Å²) in [7, 11) is -3.40. The molecule has 0 unspecified atom stereocenters. The van der Waals surface area contributed by atoms with Crippen LogP contribution < -0.4 is 14.8 Å². The van der Waals surface area contributed by atoms with Gasteiger partial charge in [-0.05, 0) is 61.7 Å². The predicted octanol–water partition coefficient (Wildman–Crippen LogP) is 2.79. The van der Waals surface area contributed by atoms with Gasteiger partial charge >= 0.3 is 0 Å². The minimum Gasteiger partial charge on any atom is -0.492 e. The predicted molar refractivity (Wildman–Crippen MR) is 103 cm³/mol. The third-order valence-electron chi connectivity index (χ3n) is 3.65. The zero-order valence-electron chi connectivity index (χ0n) is 15.4. The van der Waals surface area contributed by atoms with Gasteiger partial charge in [0.05, 0.1) is 18.5 Å². The van der Waals surface area contributed by atoms with Crippen molar-refractivity contribution in [3.05, 3.63) is 58.7 Å². The maximum atomic E-state index is 12.2. The van der Waals surface area contributed by atoms with Crippen molar-refractivity contribution in [2.75, 3.05) is 24.1 Å². The molecule has 0 aromatic heterocycles. The molecule has 2 N–H and O–H groups in total. The molecule has 140 valence electrons. The molecule has 0 radical (unpaired) electrons. The largest absolute Gasteiger partial charge is 0.492 e. The highest BCUT2D eigenvalue weighted by Crippen LogP contribution is 2.18. The van der Waals surface area contributed by atoms with Crippen LogP contribution in [0.15, 0.2) is 36.4 Å². The number of sulfonamides is 1. The Morgan fingerprint density at radius 1 is 1.04 bits per heavy atom. The van der Waals surface area contributed by atoms with Crippen molar-refractivity contribution in [3.63, 3.8) is 0 Å².